The van der Waals surface area contributed by atoms with Gasteiger partial charge in [-0.1, -0.05) is 0 Å². The first-order valence-electron chi connectivity index (χ1n) is 4.09. The lowest BCUT2D eigenvalue weighted by atomic mass is 10.3. The molecule has 68 valence electrons. The first kappa shape index (κ1) is 7.97. The normalized spacial score (nSPS) is 21.0. The minimum absolute atomic E-state index is 0.105. The van der Waals surface area contributed by atoms with Crippen LogP contribution in [0.3, 0.4) is 0 Å². The molecule has 0 fully saturated rings. The van der Waals surface area contributed by atoms with Crippen LogP contribution in [0, 0.1) is 0 Å². The van der Waals surface area contributed by atoms with Gasteiger partial charge >= 0.3 is 6.03 Å². The van der Waals surface area contributed by atoms with Crippen molar-refractivity contribution in [1.29, 1.82) is 0 Å². The van der Waals surface area contributed by atoms with E-state index in [4.69, 9.17) is 0 Å². The molecule has 1 aromatic heterocycles. The smallest absolute Gasteiger partial charge is 0.280 e. The second-order valence-electron chi connectivity index (χ2n) is 2.99. The second kappa shape index (κ2) is 3.01. The number of hydrogen-bond donors (Lipinski definition) is 0. The van der Waals surface area contributed by atoms with Crippen LogP contribution in [-0.4, -0.2) is 39.4 Å². The molecule has 0 aromatic carbocycles. The molecular formula is C8H10N4O. The van der Waals surface area contributed by atoms with E-state index >= 15 is 0 Å². The summed E-state index contributed by atoms with van der Waals surface area (Å²) >= 11 is 0. The average Bonchev–Trinajstić information content (AvgIpc) is 2.72. The third kappa shape index (κ3) is 1.32. The van der Waals surface area contributed by atoms with E-state index in [1.807, 2.05) is 6.92 Å². The Morgan fingerprint density at radius 3 is 3.00 bits per heavy atom. The van der Waals surface area contributed by atoms with Crippen LogP contribution in [0.1, 0.15) is 6.92 Å². The van der Waals surface area contributed by atoms with Gasteiger partial charge in [-0.15, -0.1) is 0 Å². The monoisotopic (exact) mass is 178 g/mol. The zero-order valence-corrected chi connectivity index (χ0v) is 7.29. The van der Waals surface area contributed by atoms with Gasteiger partial charge in [0.05, 0.1) is 18.9 Å². The highest BCUT2D eigenvalue weighted by atomic mass is 16.2. The zero-order chi connectivity index (χ0) is 9.26. The third-order valence-electron chi connectivity index (χ3n) is 2.00. The van der Waals surface area contributed by atoms with E-state index in [0.29, 0.717) is 6.54 Å². The molecule has 1 unspecified atom stereocenters. The van der Waals surface area contributed by atoms with Crippen LogP contribution in [0.25, 0.3) is 0 Å². The topological polar surface area (TPSA) is 50.5 Å². The fourth-order valence-electron chi connectivity index (χ4n) is 1.23. The van der Waals surface area contributed by atoms with Crippen LogP contribution >= 0.6 is 0 Å². The van der Waals surface area contributed by atoms with Crippen molar-refractivity contribution in [2.75, 3.05) is 6.54 Å². The van der Waals surface area contributed by atoms with Gasteiger partial charge in [0.2, 0.25) is 0 Å². The third-order valence-corrected chi connectivity index (χ3v) is 2.00. The first-order valence-corrected chi connectivity index (χ1v) is 4.09. The lowest BCUT2D eigenvalue weighted by molar-refractivity contribution is 0.218. The van der Waals surface area contributed by atoms with Gasteiger partial charge in [0.25, 0.3) is 0 Å². The van der Waals surface area contributed by atoms with E-state index < -0.39 is 0 Å². The van der Waals surface area contributed by atoms with Crippen LogP contribution in [-0.2, 0) is 0 Å². The molecule has 0 saturated heterocycles. The SMILES string of the molecule is CC1CN=CN1C(=O)n1ccnc1. The molecule has 0 radical (unpaired) electrons. The highest BCUT2D eigenvalue weighted by Gasteiger charge is 2.22. The fraction of sp³-hybridized carbons (Fsp3) is 0.375. The summed E-state index contributed by atoms with van der Waals surface area (Å²) in [5.41, 5.74) is 0. The molecule has 1 amide bonds. The average molecular weight is 178 g/mol. The molecule has 0 N–H and O–H groups in total. The van der Waals surface area contributed by atoms with Gasteiger partial charge in [0.1, 0.15) is 6.33 Å². The summed E-state index contributed by atoms with van der Waals surface area (Å²) in [5, 5.41) is 0. The largest absolute Gasteiger partial charge is 0.334 e. The zero-order valence-electron chi connectivity index (χ0n) is 7.29. The predicted octanol–water partition coefficient (Wildman–Crippen LogP) is 0.584. The minimum atomic E-state index is -0.105. The highest BCUT2D eigenvalue weighted by molar-refractivity contribution is 5.89. The summed E-state index contributed by atoms with van der Waals surface area (Å²) < 4.78 is 1.44. The summed E-state index contributed by atoms with van der Waals surface area (Å²) in [4.78, 5) is 21.1. The summed E-state index contributed by atoms with van der Waals surface area (Å²) in [6.07, 6.45) is 6.27. The van der Waals surface area contributed by atoms with E-state index in [1.54, 1.807) is 23.6 Å². The van der Waals surface area contributed by atoms with Crippen molar-refractivity contribution in [2.45, 2.75) is 13.0 Å². The van der Waals surface area contributed by atoms with Crippen LogP contribution in [0.15, 0.2) is 23.7 Å². The molecule has 5 nitrogen and oxygen atoms in total. The van der Waals surface area contributed by atoms with Gasteiger partial charge in [-0.05, 0) is 6.92 Å². The molecule has 1 aliphatic rings. The Balaban J connectivity index is 2.18. The Kier molecular flexibility index (Phi) is 1.84. The van der Waals surface area contributed by atoms with Crippen molar-refractivity contribution in [3.8, 4) is 0 Å². The standard InChI is InChI=1S/C8H10N4O/c1-7-4-10-6-12(7)8(13)11-3-2-9-5-11/h2-3,5-7H,4H2,1H3. The summed E-state index contributed by atoms with van der Waals surface area (Å²) in [6.45, 7) is 2.64. The van der Waals surface area contributed by atoms with Gasteiger partial charge in [0, 0.05) is 12.4 Å². The van der Waals surface area contributed by atoms with E-state index in [2.05, 4.69) is 9.98 Å². The highest BCUT2D eigenvalue weighted by Crippen LogP contribution is 2.06. The molecule has 1 atom stereocenters. The first-order chi connectivity index (χ1) is 6.29. The minimum Gasteiger partial charge on any atom is -0.280 e. The number of carbonyl (C=O) groups is 1. The summed E-state index contributed by atoms with van der Waals surface area (Å²) in [5.74, 6) is 0. The number of aromatic nitrogens is 2. The Hall–Kier alpha value is -1.65. The van der Waals surface area contributed by atoms with Gasteiger partial charge in [-0.3, -0.25) is 14.5 Å². The molecule has 0 bridgehead atoms. The molecule has 0 saturated carbocycles. The Bertz CT molecular complexity index is 330. The number of aliphatic imine (C=N–C) groups is 1. The molecule has 0 aliphatic carbocycles. The van der Waals surface area contributed by atoms with Gasteiger partial charge in [-0.2, -0.15) is 0 Å². The van der Waals surface area contributed by atoms with Crippen molar-refractivity contribution in [2.24, 2.45) is 4.99 Å². The molecule has 2 rings (SSSR count). The van der Waals surface area contributed by atoms with E-state index in [1.165, 1.54) is 10.9 Å². The maximum Gasteiger partial charge on any atom is 0.334 e. The molecule has 2 heterocycles. The maximum atomic E-state index is 11.7. The van der Waals surface area contributed by atoms with Crippen molar-refractivity contribution >= 4 is 12.4 Å². The van der Waals surface area contributed by atoms with Gasteiger partial charge in [0.15, 0.2) is 0 Å². The van der Waals surface area contributed by atoms with Crippen LogP contribution in [0.5, 0.6) is 0 Å². The maximum absolute atomic E-state index is 11.7. The lowest BCUT2D eigenvalue weighted by Gasteiger charge is -2.17. The van der Waals surface area contributed by atoms with Gasteiger partial charge in [-0.25, -0.2) is 9.78 Å². The van der Waals surface area contributed by atoms with Crippen LogP contribution in [0.4, 0.5) is 4.79 Å². The number of rotatable bonds is 0. The molecule has 1 aromatic rings. The Morgan fingerprint density at radius 2 is 2.46 bits per heavy atom. The lowest BCUT2D eigenvalue weighted by Crippen LogP contribution is -2.37. The molecule has 13 heavy (non-hydrogen) atoms. The number of carbonyl (C=O) groups excluding carboxylic acids is 1. The summed E-state index contributed by atoms with van der Waals surface area (Å²) in [7, 11) is 0. The van der Waals surface area contributed by atoms with Crippen molar-refractivity contribution in [3.63, 3.8) is 0 Å². The van der Waals surface area contributed by atoms with Crippen LogP contribution in [0.2, 0.25) is 0 Å². The number of imidazole rings is 1. The second-order valence-corrected chi connectivity index (χ2v) is 2.99. The van der Waals surface area contributed by atoms with Crippen molar-refractivity contribution in [3.05, 3.63) is 18.7 Å². The van der Waals surface area contributed by atoms with Gasteiger partial charge < -0.3 is 0 Å². The number of amides is 1. The predicted molar refractivity (Wildman–Crippen MR) is 47.7 cm³/mol. The Morgan fingerprint density at radius 1 is 1.62 bits per heavy atom. The molecule has 0 spiro atoms. The number of hydrogen-bond acceptors (Lipinski definition) is 3. The van der Waals surface area contributed by atoms with Crippen molar-refractivity contribution in [1.82, 2.24) is 14.5 Å². The Labute approximate surface area is 75.7 Å². The number of nitrogens with zero attached hydrogens (tertiary/aromatic N) is 4. The molecular weight excluding hydrogens is 168 g/mol. The fourth-order valence-corrected chi connectivity index (χ4v) is 1.23. The molecule has 1 aliphatic heterocycles. The van der Waals surface area contributed by atoms with Crippen molar-refractivity contribution < 1.29 is 4.79 Å². The quantitative estimate of drug-likeness (QED) is 0.583. The molecule has 5 heteroatoms. The summed E-state index contributed by atoms with van der Waals surface area (Å²) in [6, 6.07) is 0.0427. The van der Waals surface area contributed by atoms with E-state index in [9.17, 15) is 4.79 Å². The van der Waals surface area contributed by atoms with Crippen LogP contribution < -0.4 is 0 Å². The van der Waals surface area contributed by atoms with E-state index in [0.717, 1.165) is 0 Å². The van der Waals surface area contributed by atoms with E-state index in [-0.39, 0.29) is 12.1 Å².